The fourth-order valence-corrected chi connectivity index (χ4v) is 1.97. The third kappa shape index (κ3) is 2.96. The van der Waals surface area contributed by atoms with Crippen LogP contribution < -0.4 is 5.32 Å². The Bertz CT molecular complexity index is 531. The van der Waals surface area contributed by atoms with Crippen LogP contribution >= 0.6 is 0 Å². The lowest BCUT2D eigenvalue weighted by Gasteiger charge is -2.00. The standard InChI is InChI=1S/C14H16FN3/c15-11-3-1-2-10(6-11)7-14-17-9-13(18-14)8-16-12-4-5-12/h1-3,6,9,12,16H,4-5,7-8H2,(H,17,18). The zero-order valence-corrected chi connectivity index (χ0v) is 10.1. The molecule has 3 nitrogen and oxygen atoms in total. The molecule has 1 aliphatic rings. The fourth-order valence-electron chi connectivity index (χ4n) is 1.97. The van der Waals surface area contributed by atoms with Gasteiger partial charge in [-0.05, 0) is 30.5 Å². The van der Waals surface area contributed by atoms with Gasteiger partial charge in [-0.15, -0.1) is 0 Å². The summed E-state index contributed by atoms with van der Waals surface area (Å²) < 4.78 is 13.1. The van der Waals surface area contributed by atoms with E-state index in [0.29, 0.717) is 12.5 Å². The molecule has 18 heavy (non-hydrogen) atoms. The lowest BCUT2D eigenvalue weighted by atomic mass is 10.1. The molecule has 94 valence electrons. The van der Waals surface area contributed by atoms with E-state index in [0.717, 1.165) is 23.6 Å². The van der Waals surface area contributed by atoms with Gasteiger partial charge in [-0.25, -0.2) is 9.37 Å². The highest BCUT2D eigenvalue weighted by atomic mass is 19.1. The molecular formula is C14H16FN3. The highest BCUT2D eigenvalue weighted by Gasteiger charge is 2.20. The number of rotatable bonds is 5. The molecule has 3 rings (SSSR count). The van der Waals surface area contributed by atoms with Crippen molar-refractivity contribution >= 4 is 0 Å². The Morgan fingerprint density at radius 1 is 1.39 bits per heavy atom. The van der Waals surface area contributed by atoms with Crippen LogP contribution in [0.25, 0.3) is 0 Å². The first-order valence-electron chi connectivity index (χ1n) is 6.30. The van der Waals surface area contributed by atoms with Gasteiger partial charge in [0.15, 0.2) is 0 Å². The number of aromatic amines is 1. The van der Waals surface area contributed by atoms with E-state index < -0.39 is 0 Å². The number of benzene rings is 1. The van der Waals surface area contributed by atoms with Crippen molar-refractivity contribution in [1.82, 2.24) is 15.3 Å². The number of hydrogen-bond acceptors (Lipinski definition) is 2. The van der Waals surface area contributed by atoms with Crippen LogP contribution in [0.5, 0.6) is 0 Å². The first-order chi connectivity index (χ1) is 8.79. The summed E-state index contributed by atoms with van der Waals surface area (Å²) in [5.41, 5.74) is 2.03. The number of H-pyrrole nitrogens is 1. The molecule has 1 saturated carbocycles. The van der Waals surface area contributed by atoms with E-state index in [9.17, 15) is 4.39 Å². The van der Waals surface area contributed by atoms with Crippen molar-refractivity contribution in [3.8, 4) is 0 Å². The highest BCUT2D eigenvalue weighted by Crippen LogP contribution is 2.19. The maximum absolute atomic E-state index is 13.1. The SMILES string of the molecule is Fc1cccc(Cc2ncc(CNC3CC3)[nH]2)c1. The molecule has 1 aliphatic carbocycles. The quantitative estimate of drug-likeness (QED) is 0.849. The van der Waals surface area contributed by atoms with Crippen LogP contribution in [0.3, 0.4) is 0 Å². The molecule has 0 bridgehead atoms. The van der Waals surface area contributed by atoms with Crippen LogP contribution in [0.4, 0.5) is 4.39 Å². The molecule has 0 aliphatic heterocycles. The third-order valence-corrected chi connectivity index (χ3v) is 3.10. The van der Waals surface area contributed by atoms with Crippen molar-refractivity contribution in [3.63, 3.8) is 0 Å². The predicted octanol–water partition coefficient (Wildman–Crippen LogP) is 2.39. The van der Waals surface area contributed by atoms with E-state index >= 15 is 0 Å². The van der Waals surface area contributed by atoms with Crippen LogP contribution in [0.1, 0.15) is 29.9 Å². The average molecular weight is 245 g/mol. The Morgan fingerprint density at radius 2 is 2.28 bits per heavy atom. The average Bonchev–Trinajstić information content (AvgIpc) is 3.08. The van der Waals surface area contributed by atoms with Gasteiger partial charge < -0.3 is 10.3 Å². The number of nitrogens with zero attached hydrogens (tertiary/aromatic N) is 1. The second-order valence-corrected chi connectivity index (χ2v) is 4.82. The zero-order valence-electron chi connectivity index (χ0n) is 10.1. The summed E-state index contributed by atoms with van der Waals surface area (Å²) in [5, 5.41) is 3.43. The van der Waals surface area contributed by atoms with Crippen LogP contribution in [-0.2, 0) is 13.0 Å². The van der Waals surface area contributed by atoms with Gasteiger partial charge in [-0.1, -0.05) is 12.1 Å². The van der Waals surface area contributed by atoms with Crippen LogP contribution in [-0.4, -0.2) is 16.0 Å². The van der Waals surface area contributed by atoms with E-state index in [2.05, 4.69) is 15.3 Å². The molecular weight excluding hydrogens is 229 g/mol. The Kier molecular flexibility index (Phi) is 3.11. The van der Waals surface area contributed by atoms with Gasteiger partial charge in [0.1, 0.15) is 11.6 Å². The molecule has 0 spiro atoms. The Morgan fingerprint density at radius 3 is 3.06 bits per heavy atom. The Labute approximate surface area is 105 Å². The van der Waals surface area contributed by atoms with Gasteiger partial charge in [0.2, 0.25) is 0 Å². The van der Waals surface area contributed by atoms with Gasteiger partial charge in [0.05, 0.1) is 0 Å². The number of imidazole rings is 1. The van der Waals surface area contributed by atoms with E-state index in [-0.39, 0.29) is 5.82 Å². The minimum atomic E-state index is -0.199. The molecule has 1 fully saturated rings. The summed E-state index contributed by atoms with van der Waals surface area (Å²) in [4.78, 5) is 7.59. The topological polar surface area (TPSA) is 40.7 Å². The molecule has 2 N–H and O–H groups in total. The summed E-state index contributed by atoms with van der Waals surface area (Å²) in [6.45, 7) is 0.834. The summed E-state index contributed by atoms with van der Waals surface area (Å²) in [5.74, 6) is 0.683. The normalized spacial score (nSPS) is 14.9. The minimum absolute atomic E-state index is 0.199. The monoisotopic (exact) mass is 245 g/mol. The number of nitrogens with one attached hydrogen (secondary N) is 2. The predicted molar refractivity (Wildman–Crippen MR) is 67.7 cm³/mol. The summed E-state index contributed by atoms with van der Waals surface area (Å²) in [7, 11) is 0. The van der Waals surface area contributed by atoms with Crippen molar-refractivity contribution in [2.75, 3.05) is 0 Å². The first-order valence-corrected chi connectivity index (χ1v) is 6.30. The molecule has 0 unspecified atom stereocenters. The van der Waals surface area contributed by atoms with E-state index in [1.807, 2.05) is 12.3 Å². The molecule has 4 heteroatoms. The minimum Gasteiger partial charge on any atom is -0.345 e. The van der Waals surface area contributed by atoms with Crippen molar-refractivity contribution in [1.29, 1.82) is 0 Å². The third-order valence-electron chi connectivity index (χ3n) is 3.10. The first kappa shape index (κ1) is 11.4. The molecule has 0 amide bonds. The van der Waals surface area contributed by atoms with Crippen LogP contribution in [0.2, 0.25) is 0 Å². The van der Waals surface area contributed by atoms with E-state index in [1.165, 1.54) is 18.9 Å². The Hall–Kier alpha value is -1.68. The van der Waals surface area contributed by atoms with Gasteiger partial charge in [0, 0.05) is 30.9 Å². The zero-order chi connectivity index (χ0) is 12.4. The number of aromatic nitrogens is 2. The van der Waals surface area contributed by atoms with Gasteiger partial charge in [-0.2, -0.15) is 0 Å². The van der Waals surface area contributed by atoms with E-state index in [1.54, 1.807) is 12.1 Å². The van der Waals surface area contributed by atoms with Crippen molar-refractivity contribution in [2.24, 2.45) is 0 Å². The van der Waals surface area contributed by atoms with Gasteiger partial charge >= 0.3 is 0 Å². The van der Waals surface area contributed by atoms with Crippen LogP contribution in [0.15, 0.2) is 30.5 Å². The molecule has 1 aromatic heterocycles. The molecule has 1 heterocycles. The maximum atomic E-state index is 13.1. The van der Waals surface area contributed by atoms with E-state index in [4.69, 9.17) is 0 Å². The maximum Gasteiger partial charge on any atom is 0.123 e. The highest BCUT2D eigenvalue weighted by molar-refractivity contribution is 5.20. The van der Waals surface area contributed by atoms with Gasteiger partial charge in [-0.3, -0.25) is 0 Å². The van der Waals surface area contributed by atoms with Crippen molar-refractivity contribution in [3.05, 3.63) is 53.4 Å². The molecule has 2 aromatic rings. The molecule has 0 radical (unpaired) electrons. The van der Waals surface area contributed by atoms with Crippen molar-refractivity contribution < 1.29 is 4.39 Å². The molecule has 1 aromatic carbocycles. The molecule has 0 saturated heterocycles. The fraction of sp³-hybridized carbons (Fsp3) is 0.357. The lowest BCUT2D eigenvalue weighted by molar-refractivity contribution is 0.626. The smallest absolute Gasteiger partial charge is 0.123 e. The molecule has 0 atom stereocenters. The number of halogens is 1. The number of hydrogen-bond donors (Lipinski definition) is 2. The summed E-state index contributed by atoms with van der Waals surface area (Å²) in [6.07, 6.45) is 5.06. The second kappa shape index (κ2) is 4.90. The summed E-state index contributed by atoms with van der Waals surface area (Å²) >= 11 is 0. The summed E-state index contributed by atoms with van der Waals surface area (Å²) in [6, 6.07) is 7.33. The lowest BCUT2D eigenvalue weighted by Crippen LogP contribution is -2.15. The Balaban J connectivity index is 1.61. The largest absolute Gasteiger partial charge is 0.345 e. The van der Waals surface area contributed by atoms with Gasteiger partial charge in [0.25, 0.3) is 0 Å². The second-order valence-electron chi connectivity index (χ2n) is 4.82. The van der Waals surface area contributed by atoms with Crippen LogP contribution in [0, 0.1) is 5.82 Å². The van der Waals surface area contributed by atoms with Crippen molar-refractivity contribution in [2.45, 2.75) is 31.8 Å².